The molecular weight excluding hydrogens is 160 g/mol. The fourth-order valence-electron chi connectivity index (χ4n) is 0.806. The van der Waals surface area contributed by atoms with E-state index in [9.17, 15) is 0 Å². The Hall–Kier alpha value is -1.07. The predicted octanol–water partition coefficient (Wildman–Crippen LogP) is 2.22. The molecule has 0 saturated heterocycles. The third-order valence-electron chi connectivity index (χ3n) is 1.44. The van der Waals surface area contributed by atoms with E-state index in [4.69, 9.17) is 16.9 Å². The topological polar surface area (TPSA) is 36.7 Å². The highest BCUT2D eigenvalue weighted by molar-refractivity contribution is 6.31. The summed E-state index contributed by atoms with van der Waals surface area (Å²) >= 11 is 5.81. The maximum absolute atomic E-state index is 8.60. The lowest BCUT2D eigenvalue weighted by Gasteiger charge is -1.99. The van der Waals surface area contributed by atoms with Crippen molar-refractivity contribution < 1.29 is 0 Å². The van der Waals surface area contributed by atoms with E-state index in [-0.39, 0.29) is 0 Å². The molecule has 0 aliphatic carbocycles. The van der Waals surface area contributed by atoms with Gasteiger partial charge in [0.1, 0.15) is 11.8 Å². The van der Waals surface area contributed by atoms with Gasteiger partial charge in [0.2, 0.25) is 0 Å². The summed E-state index contributed by atoms with van der Waals surface area (Å²) in [6, 6.07) is 3.73. The fourth-order valence-corrected chi connectivity index (χ4v) is 1.05. The third-order valence-corrected chi connectivity index (χ3v) is 1.84. The Morgan fingerprint density at radius 1 is 1.55 bits per heavy atom. The first-order chi connectivity index (χ1) is 5.15. The van der Waals surface area contributed by atoms with Gasteiger partial charge in [0.05, 0.1) is 0 Å². The standard InChI is InChI=1S/C8H7ClN2/c1-5-3-7(9)6(2)8(4-10)11-5/h3H,1-2H3. The number of aryl methyl sites for hydroxylation is 1. The van der Waals surface area contributed by atoms with Crippen LogP contribution in [0.3, 0.4) is 0 Å². The van der Waals surface area contributed by atoms with Crippen LogP contribution < -0.4 is 0 Å². The molecule has 1 aromatic rings. The molecule has 0 N–H and O–H groups in total. The second-order valence-electron chi connectivity index (χ2n) is 2.33. The molecule has 0 bridgehead atoms. The summed E-state index contributed by atoms with van der Waals surface area (Å²) in [4.78, 5) is 4.01. The molecule has 0 aliphatic heterocycles. The molecule has 0 aliphatic rings. The van der Waals surface area contributed by atoms with Gasteiger partial charge in [-0.2, -0.15) is 5.26 Å². The van der Waals surface area contributed by atoms with E-state index in [1.54, 1.807) is 13.0 Å². The summed E-state index contributed by atoms with van der Waals surface area (Å²) < 4.78 is 0. The third kappa shape index (κ3) is 1.50. The van der Waals surface area contributed by atoms with Crippen molar-refractivity contribution in [2.45, 2.75) is 13.8 Å². The Bertz CT molecular complexity index is 326. The minimum absolute atomic E-state index is 0.412. The van der Waals surface area contributed by atoms with Gasteiger partial charge in [0.15, 0.2) is 0 Å². The van der Waals surface area contributed by atoms with Crippen molar-refractivity contribution >= 4 is 11.6 Å². The Morgan fingerprint density at radius 2 is 2.18 bits per heavy atom. The molecule has 0 atom stereocenters. The first-order valence-corrected chi connectivity index (χ1v) is 3.57. The first-order valence-electron chi connectivity index (χ1n) is 3.19. The molecule has 0 radical (unpaired) electrons. The Labute approximate surface area is 70.4 Å². The molecule has 0 aromatic carbocycles. The minimum atomic E-state index is 0.412. The lowest BCUT2D eigenvalue weighted by molar-refractivity contribution is 1.13. The van der Waals surface area contributed by atoms with Crippen molar-refractivity contribution in [3.8, 4) is 6.07 Å². The first kappa shape index (κ1) is 8.03. The molecule has 1 aromatic heterocycles. The van der Waals surface area contributed by atoms with Gasteiger partial charge in [-0.05, 0) is 19.9 Å². The van der Waals surface area contributed by atoms with Gasteiger partial charge < -0.3 is 0 Å². The van der Waals surface area contributed by atoms with Crippen LogP contribution in [0.2, 0.25) is 5.02 Å². The van der Waals surface area contributed by atoms with Crippen LogP contribution in [0.25, 0.3) is 0 Å². The van der Waals surface area contributed by atoms with Crippen LogP contribution >= 0.6 is 11.6 Å². The molecular formula is C8H7ClN2. The number of halogens is 1. The molecule has 0 unspecified atom stereocenters. The zero-order valence-electron chi connectivity index (χ0n) is 6.35. The van der Waals surface area contributed by atoms with Crippen molar-refractivity contribution in [3.05, 3.63) is 28.0 Å². The van der Waals surface area contributed by atoms with Crippen molar-refractivity contribution in [1.29, 1.82) is 5.26 Å². The molecule has 56 valence electrons. The summed E-state index contributed by atoms with van der Waals surface area (Å²) in [5.74, 6) is 0. The molecule has 3 heteroatoms. The number of nitriles is 1. The van der Waals surface area contributed by atoms with Crippen LogP contribution in [0.15, 0.2) is 6.07 Å². The van der Waals surface area contributed by atoms with Crippen LogP contribution in [-0.4, -0.2) is 4.98 Å². The van der Waals surface area contributed by atoms with E-state index in [1.165, 1.54) is 0 Å². The van der Waals surface area contributed by atoms with Crippen molar-refractivity contribution in [1.82, 2.24) is 4.98 Å². The van der Waals surface area contributed by atoms with Gasteiger partial charge in [0, 0.05) is 16.3 Å². The molecule has 0 amide bonds. The predicted molar refractivity (Wildman–Crippen MR) is 43.4 cm³/mol. The molecule has 0 spiro atoms. The van der Waals surface area contributed by atoms with Crippen LogP contribution in [0.4, 0.5) is 0 Å². The van der Waals surface area contributed by atoms with E-state index in [2.05, 4.69) is 4.98 Å². The maximum Gasteiger partial charge on any atom is 0.145 e. The van der Waals surface area contributed by atoms with Gasteiger partial charge in [-0.3, -0.25) is 0 Å². The smallest absolute Gasteiger partial charge is 0.145 e. The number of hydrogen-bond acceptors (Lipinski definition) is 2. The van der Waals surface area contributed by atoms with Gasteiger partial charge in [-0.25, -0.2) is 4.98 Å². The normalized spacial score (nSPS) is 9.27. The Kier molecular flexibility index (Phi) is 2.11. The highest BCUT2D eigenvalue weighted by Gasteiger charge is 2.03. The van der Waals surface area contributed by atoms with E-state index < -0.39 is 0 Å². The Balaban J connectivity index is 3.39. The summed E-state index contributed by atoms with van der Waals surface area (Å²) in [5, 5.41) is 9.20. The number of aromatic nitrogens is 1. The second-order valence-corrected chi connectivity index (χ2v) is 2.74. The van der Waals surface area contributed by atoms with Gasteiger partial charge in [-0.15, -0.1) is 0 Å². The molecule has 1 rings (SSSR count). The van der Waals surface area contributed by atoms with E-state index in [0.717, 1.165) is 11.3 Å². The van der Waals surface area contributed by atoms with Gasteiger partial charge in [0.25, 0.3) is 0 Å². The van der Waals surface area contributed by atoms with Crippen molar-refractivity contribution in [3.63, 3.8) is 0 Å². The highest BCUT2D eigenvalue weighted by Crippen LogP contribution is 2.17. The van der Waals surface area contributed by atoms with E-state index >= 15 is 0 Å². The largest absolute Gasteiger partial charge is 0.242 e. The minimum Gasteiger partial charge on any atom is -0.242 e. The lowest BCUT2D eigenvalue weighted by Crippen LogP contribution is -1.91. The van der Waals surface area contributed by atoms with Crippen LogP contribution in [0.5, 0.6) is 0 Å². The molecule has 1 heterocycles. The monoisotopic (exact) mass is 166 g/mol. The van der Waals surface area contributed by atoms with Crippen molar-refractivity contribution in [2.75, 3.05) is 0 Å². The SMILES string of the molecule is Cc1cc(Cl)c(C)c(C#N)n1. The number of nitrogens with zero attached hydrogens (tertiary/aromatic N) is 2. The molecule has 2 nitrogen and oxygen atoms in total. The number of hydrogen-bond donors (Lipinski definition) is 0. The number of pyridine rings is 1. The van der Waals surface area contributed by atoms with Crippen LogP contribution in [0, 0.1) is 25.2 Å². The summed E-state index contributed by atoms with van der Waals surface area (Å²) in [5.41, 5.74) is 1.94. The zero-order valence-corrected chi connectivity index (χ0v) is 7.11. The van der Waals surface area contributed by atoms with E-state index in [1.807, 2.05) is 13.0 Å². The quantitative estimate of drug-likeness (QED) is 0.593. The molecule has 0 fully saturated rings. The molecule has 11 heavy (non-hydrogen) atoms. The summed E-state index contributed by atoms with van der Waals surface area (Å²) in [7, 11) is 0. The maximum atomic E-state index is 8.60. The molecule has 0 saturated carbocycles. The fraction of sp³-hybridized carbons (Fsp3) is 0.250. The Morgan fingerprint density at radius 3 is 2.73 bits per heavy atom. The van der Waals surface area contributed by atoms with Gasteiger partial charge in [-0.1, -0.05) is 11.6 Å². The average Bonchev–Trinajstić information content (AvgIpc) is 1.96. The van der Waals surface area contributed by atoms with Gasteiger partial charge >= 0.3 is 0 Å². The zero-order chi connectivity index (χ0) is 8.43. The summed E-state index contributed by atoms with van der Waals surface area (Å²) in [6.45, 7) is 3.60. The van der Waals surface area contributed by atoms with Crippen LogP contribution in [-0.2, 0) is 0 Å². The van der Waals surface area contributed by atoms with Crippen LogP contribution in [0.1, 0.15) is 17.0 Å². The van der Waals surface area contributed by atoms with E-state index in [0.29, 0.717) is 10.7 Å². The lowest BCUT2D eigenvalue weighted by atomic mass is 10.2. The highest BCUT2D eigenvalue weighted by atomic mass is 35.5. The number of rotatable bonds is 0. The van der Waals surface area contributed by atoms with Crippen molar-refractivity contribution in [2.24, 2.45) is 0 Å². The second kappa shape index (κ2) is 2.89. The average molecular weight is 167 g/mol. The summed E-state index contributed by atoms with van der Waals surface area (Å²) in [6.07, 6.45) is 0.